The van der Waals surface area contributed by atoms with Crippen molar-refractivity contribution in [1.29, 1.82) is 0 Å². The summed E-state index contributed by atoms with van der Waals surface area (Å²) >= 11 is 0. The monoisotopic (exact) mass is 210 g/mol. The van der Waals surface area contributed by atoms with Gasteiger partial charge in [-0.3, -0.25) is 0 Å². The number of rotatable bonds is 0. The molecule has 0 aliphatic heterocycles. The first-order valence-electron chi connectivity index (χ1n) is 6.62. The molecule has 0 spiro atoms. The molecule has 0 aromatic rings. The van der Waals surface area contributed by atoms with Crippen molar-refractivity contribution >= 4 is 0 Å². The lowest BCUT2D eigenvalue weighted by Gasteiger charge is -2.29. The maximum Gasteiger partial charge on any atom is -0.0354 e. The lowest BCUT2D eigenvalue weighted by molar-refractivity contribution is 0.228. The van der Waals surface area contributed by atoms with Gasteiger partial charge in [0.05, 0.1) is 0 Å². The van der Waals surface area contributed by atoms with Gasteiger partial charge in [0.15, 0.2) is 0 Å². The van der Waals surface area contributed by atoms with Gasteiger partial charge in [0.25, 0.3) is 0 Å². The predicted octanol–water partition coefficient (Wildman–Crippen LogP) is 5.42. The van der Waals surface area contributed by atoms with Crippen molar-refractivity contribution in [3.63, 3.8) is 0 Å². The second kappa shape index (κ2) is 4.11. The third-order valence-corrected chi connectivity index (χ3v) is 4.44. The fourth-order valence-corrected chi connectivity index (χ4v) is 2.41. The van der Waals surface area contributed by atoms with Crippen molar-refractivity contribution < 1.29 is 0 Å². The van der Waals surface area contributed by atoms with Crippen molar-refractivity contribution in [1.82, 2.24) is 0 Å². The van der Waals surface area contributed by atoms with Crippen molar-refractivity contribution in [3.8, 4) is 0 Å². The van der Waals surface area contributed by atoms with Crippen LogP contribution < -0.4 is 0 Å². The zero-order chi connectivity index (χ0) is 11.7. The first kappa shape index (κ1) is 13.1. The van der Waals surface area contributed by atoms with E-state index in [2.05, 4.69) is 41.5 Å². The molecule has 0 unspecified atom stereocenters. The van der Waals surface area contributed by atoms with Crippen LogP contribution in [0.2, 0.25) is 0 Å². The van der Waals surface area contributed by atoms with E-state index in [9.17, 15) is 0 Å². The van der Waals surface area contributed by atoms with E-state index in [0.717, 1.165) is 0 Å². The molecule has 1 fully saturated rings. The average molecular weight is 210 g/mol. The molecule has 0 nitrogen and oxygen atoms in total. The molecule has 0 aromatic carbocycles. The summed E-state index contributed by atoms with van der Waals surface area (Å²) in [6.45, 7) is 14.7. The quantitative estimate of drug-likeness (QED) is 0.501. The van der Waals surface area contributed by atoms with Gasteiger partial charge < -0.3 is 0 Å². The van der Waals surface area contributed by atoms with E-state index in [1.165, 1.54) is 38.5 Å². The lowest BCUT2D eigenvalue weighted by atomic mass is 9.77. The predicted molar refractivity (Wildman–Crippen MR) is 69.0 cm³/mol. The van der Waals surface area contributed by atoms with Crippen LogP contribution in [0.5, 0.6) is 0 Å². The zero-order valence-electron chi connectivity index (χ0n) is 11.7. The van der Waals surface area contributed by atoms with Crippen LogP contribution in [0.3, 0.4) is 0 Å². The Labute approximate surface area is 96.8 Å². The van der Waals surface area contributed by atoms with Crippen LogP contribution in [-0.4, -0.2) is 0 Å². The van der Waals surface area contributed by atoms with Gasteiger partial charge in [-0.25, -0.2) is 0 Å². The molecule has 0 saturated heterocycles. The first-order chi connectivity index (χ1) is 6.62. The van der Waals surface area contributed by atoms with Gasteiger partial charge >= 0.3 is 0 Å². The van der Waals surface area contributed by atoms with Gasteiger partial charge in [-0.05, 0) is 54.8 Å². The fourth-order valence-electron chi connectivity index (χ4n) is 2.41. The van der Waals surface area contributed by atoms with Gasteiger partial charge in [-0.2, -0.15) is 0 Å². The summed E-state index contributed by atoms with van der Waals surface area (Å²) in [5.41, 5.74) is 1.66. The van der Waals surface area contributed by atoms with E-state index in [1.807, 2.05) is 0 Å². The van der Waals surface area contributed by atoms with Gasteiger partial charge in [0.1, 0.15) is 0 Å². The fraction of sp³-hybridized carbons (Fsp3) is 1.00. The summed E-state index contributed by atoms with van der Waals surface area (Å²) in [5.74, 6) is 0. The molecule has 90 valence electrons. The first-order valence-corrected chi connectivity index (χ1v) is 6.62. The lowest BCUT2D eigenvalue weighted by Crippen LogP contribution is -2.16. The maximum absolute atomic E-state index is 2.45. The maximum atomic E-state index is 2.45. The van der Waals surface area contributed by atoms with Gasteiger partial charge in [0.2, 0.25) is 0 Å². The molecule has 0 bridgehead atoms. The van der Waals surface area contributed by atoms with E-state index in [-0.39, 0.29) is 0 Å². The normalized spacial score (nSPS) is 30.0. The summed E-state index contributed by atoms with van der Waals surface area (Å²) < 4.78 is 0. The second-order valence-corrected chi connectivity index (χ2v) is 7.99. The molecule has 0 heteroatoms. The van der Waals surface area contributed by atoms with Crippen molar-refractivity contribution in [2.24, 2.45) is 16.2 Å². The van der Waals surface area contributed by atoms with Crippen LogP contribution in [0.4, 0.5) is 0 Å². The Hall–Kier alpha value is 0. The Kier molecular flexibility index (Phi) is 3.58. The minimum atomic E-state index is 0.554. The minimum Gasteiger partial charge on any atom is -0.0599 e. The molecule has 1 saturated carbocycles. The van der Waals surface area contributed by atoms with Crippen LogP contribution >= 0.6 is 0 Å². The molecular formula is C15H30. The van der Waals surface area contributed by atoms with Crippen LogP contribution in [0, 0.1) is 16.2 Å². The third-order valence-electron chi connectivity index (χ3n) is 4.44. The van der Waals surface area contributed by atoms with Crippen LogP contribution in [0.25, 0.3) is 0 Å². The van der Waals surface area contributed by atoms with Crippen LogP contribution in [0.1, 0.15) is 80.1 Å². The standard InChI is InChI=1S/C15H30/c1-13(2)7-9-14(3,4)11-12-15(5,6)10-8-13/h7-12H2,1-6H3. The highest BCUT2D eigenvalue weighted by molar-refractivity contribution is 4.83. The van der Waals surface area contributed by atoms with E-state index in [1.54, 1.807) is 0 Å². The molecule has 0 heterocycles. The second-order valence-electron chi connectivity index (χ2n) is 7.99. The summed E-state index contributed by atoms with van der Waals surface area (Å²) in [4.78, 5) is 0. The van der Waals surface area contributed by atoms with E-state index < -0.39 is 0 Å². The van der Waals surface area contributed by atoms with E-state index in [0.29, 0.717) is 16.2 Å². The molecule has 0 aromatic heterocycles. The van der Waals surface area contributed by atoms with E-state index >= 15 is 0 Å². The highest BCUT2D eigenvalue weighted by atomic mass is 14.4. The molecule has 0 atom stereocenters. The summed E-state index contributed by atoms with van der Waals surface area (Å²) in [6, 6.07) is 0. The highest BCUT2D eigenvalue weighted by Crippen LogP contribution is 2.44. The van der Waals surface area contributed by atoms with Gasteiger partial charge in [0, 0.05) is 0 Å². The minimum absolute atomic E-state index is 0.554. The smallest absolute Gasteiger partial charge is 0.0354 e. The average Bonchev–Trinajstić information content (AvgIpc) is 2.12. The van der Waals surface area contributed by atoms with Gasteiger partial charge in [-0.1, -0.05) is 41.5 Å². The topological polar surface area (TPSA) is 0 Å². The Balaban J connectivity index is 2.74. The molecule has 1 aliphatic carbocycles. The summed E-state index contributed by atoms with van der Waals surface area (Å²) in [5, 5.41) is 0. The Bertz CT molecular complexity index is 152. The van der Waals surface area contributed by atoms with E-state index in [4.69, 9.17) is 0 Å². The molecule has 0 N–H and O–H groups in total. The summed E-state index contributed by atoms with van der Waals surface area (Å²) in [6.07, 6.45) is 8.39. The molecule has 0 amide bonds. The van der Waals surface area contributed by atoms with Crippen LogP contribution in [0.15, 0.2) is 0 Å². The van der Waals surface area contributed by atoms with Crippen molar-refractivity contribution in [2.45, 2.75) is 80.1 Å². The number of hydrogen-bond acceptors (Lipinski definition) is 0. The van der Waals surface area contributed by atoms with Crippen LogP contribution in [-0.2, 0) is 0 Å². The number of hydrogen-bond donors (Lipinski definition) is 0. The largest absolute Gasteiger partial charge is 0.0599 e. The molecular weight excluding hydrogens is 180 g/mol. The Morgan fingerprint density at radius 1 is 0.400 bits per heavy atom. The van der Waals surface area contributed by atoms with Gasteiger partial charge in [-0.15, -0.1) is 0 Å². The highest BCUT2D eigenvalue weighted by Gasteiger charge is 2.31. The Morgan fingerprint density at radius 3 is 0.667 bits per heavy atom. The third kappa shape index (κ3) is 4.57. The molecule has 15 heavy (non-hydrogen) atoms. The van der Waals surface area contributed by atoms with Crippen molar-refractivity contribution in [3.05, 3.63) is 0 Å². The molecule has 1 rings (SSSR count). The Morgan fingerprint density at radius 2 is 0.533 bits per heavy atom. The SMILES string of the molecule is CC1(C)CCC(C)(C)CCC(C)(C)CC1. The molecule has 1 aliphatic rings. The van der Waals surface area contributed by atoms with Crippen molar-refractivity contribution in [2.75, 3.05) is 0 Å². The summed E-state index contributed by atoms with van der Waals surface area (Å²) in [7, 11) is 0. The molecule has 0 radical (unpaired) electrons. The zero-order valence-corrected chi connectivity index (χ0v) is 11.7.